The number of hydrogen-bond donors (Lipinski definition) is 0. The number of rotatable bonds is 2. The molecular formula is C6H10Br2O3S. The van der Waals surface area contributed by atoms with Gasteiger partial charge in [-0.05, 0) is 0 Å². The zero-order valence-corrected chi connectivity index (χ0v) is 10.4. The van der Waals surface area contributed by atoms with Crippen molar-refractivity contribution < 1.29 is 13.2 Å². The highest BCUT2D eigenvalue weighted by atomic mass is 79.9. The lowest BCUT2D eigenvalue weighted by molar-refractivity contribution is 0.128. The fraction of sp³-hybridized carbons (Fsp3) is 1.00. The van der Waals surface area contributed by atoms with E-state index in [1.165, 1.54) is 0 Å². The van der Waals surface area contributed by atoms with E-state index in [4.69, 9.17) is 4.74 Å². The molecular weight excluding hydrogens is 312 g/mol. The van der Waals surface area contributed by atoms with E-state index in [1.54, 1.807) is 0 Å². The number of ether oxygens (including phenoxy) is 1. The summed E-state index contributed by atoms with van der Waals surface area (Å²) in [5, 5.41) is 0.153. The van der Waals surface area contributed by atoms with Crippen molar-refractivity contribution >= 4 is 41.7 Å². The molecule has 0 aromatic rings. The van der Waals surface area contributed by atoms with Crippen LogP contribution >= 0.6 is 31.9 Å². The summed E-state index contributed by atoms with van der Waals surface area (Å²) in [7, 11) is -2.98. The van der Waals surface area contributed by atoms with E-state index in [9.17, 15) is 8.42 Å². The first-order chi connectivity index (χ1) is 5.62. The zero-order chi connectivity index (χ0) is 9.19. The molecule has 0 aromatic carbocycles. The second-order valence-corrected chi connectivity index (χ2v) is 6.49. The van der Waals surface area contributed by atoms with Crippen LogP contribution in [0.2, 0.25) is 0 Å². The molecule has 1 fully saturated rings. The number of halogens is 2. The molecule has 1 heterocycles. The van der Waals surface area contributed by atoms with Crippen molar-refractivity contribution in [2.75, 3.05) is 23.9 Å². The smallest absolute Gasteiger partial charge is 0.162 e. The molecule has 6 heteroatoms. The standard InChI is InChI=1S/C6H10Br2O3S/c7-1-5-3-11-4-6(2-8)12(5,9)10/h5-6H,1-4H2. The van der Waals surface area contributed by atoms with Gasteiger partial charge in [0, 0.05) is 10.7 Å². The highest BCUT2D eigenvalue weighted by Crippen LogP contribution is 2.19. The van der Waals surface area contributed by atoms with Crippen molar-refractivity contribution in [2.45, 2.75) is 10.5 Å². The molecule has 1 aliphatic heterocycles. The van der Waals surface area contributed by atoms with Gasteiger partial charge >= 0.3 is 0 Å². The number of alkyl halides is 2. The second kappa shape index (κ2) is 4.39. The van der Waals surface area contributed by atoms with E-state index in [0.717, 1.165) is 0 Å². The minimum Gasteiger partial charge on any atom is -0.379 e. The lowest BCUT2D eigenvalue weighted by atomic mass is 10.4. The van der Waals surface area contributed by atoms with Crippen molar-refractivity contribution in [3.63, 3.8) is 0 Å². The summed E-state index contributed by atoms with van der Waals surface area (Å²) in [6, 6.07) is 0. The van der Waals surface area contributed by atoms with Gasteiger partial charge in [0.05, 0.1) is 23.7 Å². The number of hydrogen-bond acceptors (Lipinski definition) is 3. The van der Waals surface area contributed by atoms with Crippen LogP contribution < -0.4 is 0 Å². The highest BCUT2D eigenvalue weighted by Gasteiger charge is 2.36. The van der Waals surface area contributed by atoms with Crippen LogP contribution in [0.1, 0.15) is 0 Å². The maximum atomic E-state index is 11.6. The van der Waals surface area contributed by atoms with Gasteiger partial charge in [-0.15, -0.1) is 0 Å². The molecule has 0 spiro atoms. The summed E-state index contributed by atoms with van der Waals surface area (Å²) in [6.45, 7) is 0.633. The first-order valence-electron chi connectivity index (χ1n) is 3.55. The third-order valence-corrected chi connectivity index (χ3v) is 6.77. The van der Waals surface area contributed by atoms with Gasteiger partial charge in [0.25, 0.3) is 0 Å². The van der Waals surface area contributed by atoms with Gasteiger partial charge < -0.3 is 4.74 Å². The number of sulfone groups is 1. The Balaban J connectivity index is 2.82. The van der Waals surface area contributed by atoms with E-state index in [2.05, 4.69) is 31.9 Å². The fourth-order valence-electron chi connectivity index (χ4n) is 1.06. The minimum absolute atomic E-state index is 0.317. The molecule has 0 N–H and O–H groups in total. The van der Waals surface area contributed by atoms with E-state index in [-0.39, 0.29) is 10.5 Å². The molecule has 0 amide bonds. The van der Waals surface area contributed by atoms with Gasteiger partial charge in [-0.1, -0.05) is 31.9 Å². The van der Waals surface area contributed by atoms with Crippen LogP contribution in [0.3, 0.4) is 0 Å². The van der Waals surface area contributed by atoms with Gasteiger partial charge in [-0.25, -0.2) is 8.42 Å². The maximum Gasteiger partial charge on any atom is 0.162 e. The Hall–Kier alpha value is 0.870. The summed E-state index contributed by atoms with van der Waals surface area (Å²) < 4.78 is 28.4. The van der Waals surface area contributed by atoms with Crippen LogP contribution in [0.15, 0.2) is 0 Å². The molecule has 0 radical (unpaired) electrons. The first-order valence-corrected chi connectivity index (χ1v) is 7.40. The van der Waals surface area contributed by atoms with Gasteiger partial charge in [-0.2, -0.15) is 0 Å². The molecule has 0 aromatic heterocycles. The predicted molar refractivity (Wildman–Crippen MR) is 54.9 cm³/mol. The van der Waals surface area contributed by atoms with E-state index in [0.29, 0.717) is 23.9 Å². The Morgan fingerprint density at radius 2 is 1.58 bits per heavy atom. The van der Waals surface area contributed by atoms with Crippen LogP contribution in [-0.4, -0.2) is 42.8 Å². The lowest BCUT2D eigenvalue weighted by Crippen LogP contribution is -2.45. The molecule has 2 atom stereocenters. The van der Waals surface area contributed by atoms with Crippen LogP contribution in [0.25, 0.3) is 0 Å². The van der Waals surface area contributed by atoms with Crippen molar-refractivity contribution in [3.8, 4) is 0 Å². The quantitative estimate of drug-likeness (QED) is 0.712. The van der Waals surface area contributed by atoms with Crippen molar-refractivity contribution in [2.24, 2.45) is 0 Å². The second-order valence-electron chi connectivity index (χ2n) is 2.68. The first kappa shape index (κ1) is 10.9. The third kappa shape index (κ3) is 2.02. The fourth-order valence-corrected chi connectivity index (χ4v) is 5.11. The van der Waals surface area contributed by atoms with Crippen LogP contribution in [0, 0.1) is 0 Å². The lowest BCUT2D eigenvalue weighted by Gasteiger charge is -2.27. The molecule has 2 unspecified atom stereocenters. The summed E-state index contributed by atoms with van der Waals surface area (Å²) in [4.78, 5) is 0. The predicted octanol–water partition coefficient (Wildman–Crippen LogP) is 0.958. The summed E-state index contributed by atoms with van der Waals surface area (Å²) in [6.07, 6.45) is 0. The summed E-state index contributed by atoms with van der Waals surface area (Å²) in [5.41, 5.74) is 0. The Bertz CT molecular complexity index is 221. The average Bonchev–Trinajstić information content (AvgIpc) is 2.03. The molecule has 1 saturated heterocycles. The molecule has 72 valence electrons. The topological polar surface area (TPSA) is 43.4 Å². The highest BCUT2D eigenvalue weighted by molar-refractivity contribution is 9.09. The molecule has 1 aliphatic rings. The van der Waals surface area contributed by atoms with Crippen LogP contribution in [-0.2, 0) is 14.6 Å². The van der Waals surface area contributed by atoms with Gasteiger partial charge in [0.2, 0.25) is 0 Å². The molecule has 12 heavy (non-hydrogen) atoms. The van der Waals surface area contributed by atoms with Crippen LogP contribution in [0.5, 0.6) is 0 Å². The monoisotopic (exact) mass is 320 g/mol. The van der Waals surface area contributed by atoms with Gasteiger partial charge in [-0.3, -0.25) is 0 Å². The molecule has 0 saturated carbocycles. The van der Waals surface area contributed by atoms with Crippen molar-refractivity contribution in [1.82, 2.24) is 0 Å². The maximum absolute atomic E-state index is 11.6. The SMILES string of the molecule is O=S1(=O)C(CBr)COCC1CBr. The van der Waals surface area contributed by atoms with Crippen molar-refractivity contribution in [1.29, 1.82) is 0 Å². The Morgan fingerprint density at radius 1 is 1.17 bits per heavy atom. The van der Waals surface area contributed by atoms with Gasteiger partial charge in [0.1, 0.15) is 0 Å². The molecule has 0 bridgehead atoms. The summed E-state index contributed by atoms with van der Waals surface area (Å²) >= 11 is 6.34. The van der Waals surface area contributed by atoms with E-state index < -0.39 is 9.84 Å². The van der Waals surface area contributed by atoms with E-state index in [1.807, 2.05) is 0 Å². The molecule has 1 rings (SSSR count). The largest absolute Gasteiger partial charge is 0.379 e. The Kier molecular flexibility index (Phi) is 4.01. The minimum atomic E-state index is -2.98. The molecule has 0 aliphatic carbocycles. The molecule has 3 nitrogen and oxygen atoms in total. The Labute approximate surface area is 89.0 Å². The zero-order valence-electron chi connectivity index (χ0n) is 6.37. The third-order valence-electron chi connectivity index (χ3n) is 1.88. The van der Waals surface area contributed by atoms with Gasteiger partial charge in [0.15, 0.2) is 9.84 Å². The van der Waals surface area contributed by atoms with Crippen LogP contribution in [0.4, 0.5) is 0 Å². The average molecular weight is 322 g/mol. The van der Waals surface area contributed by atoms with E-state index >= 15 is 0 Å². The summed E-state index contributed by atoms with van der Waals surface area (Å²) in [5.74, 6) is 0. The Morgan fingerprint density at radius 3 is 1.92 bits per heavy atom. The normalized spacial score (nSPS) is 34.8. The van der Waals surface area contributed by atoms with Crippen molar-refractivity contribution in [3.05, 3.63) is 0 Å².